The monoisotopic (exact) mass is 334 g/mol. The molecule has 0 spiro atoms. The fraction of sp³-hybridized carbons (Fsp3) is 0.143. The summed E-state index contributed by atoms with van der Waals surface area (Å²) < 4.78 is 65.5. The Hall–Kier alpha value is -2.71. The molecule has 2 aromatic carbocycles. The second-order valence-corrected chi connectivity index (χ2v) is 4.80. The fourth-order valence-corrected chi connectivity index (χ4v) is 1.97. The Bertz CT molecular complexity index is 760. The maximum Gasteiger partial charge on any atom is 0.458 e. The topological polar surface area (TPSA) is 92.5 Å². The molecule has 0 saturated carbocycles. The third kappa shape index (κ3) is 2.81. The molecule has 0 radical (unpaired) electrons. The summed E-state index contributed by atoms with van der Waals surface area (Å²) in [6, 6.07) is 4.21. The first-order valence-corrected chi connectivity index (χ1v) is 6.11. The summed E-state index contributed by atoms with van der Waals surface area (Å²) in [6.45, 7) is 0. The van der Waals surface area contributed by atoms with Crippen LogP contribution >= 0.6 is 0 Å². The summed E-state index contributed by atoms with van der Waals surface area (Å²) in [5, 5.41) is 19.1. The number of alkyl halides is 5. The van der Waals surface area contributed by atoms with E-state index in [0.717, 1.165) is 18.2 Å². The molecule has 2 aromatic rings. The number of anilines is 2. The Labute approximate surface area is 126 Å². The number of phenolic OH excluding ortho intramolecular Hbond substituents is 2. The molecule has 9 heteroatoms. The van der Waals surface area contributed by atoms with Crippen molar-refractivity contribution in [3.8, 4) is 22.6 Å². The molecule has 0 saturated heterocycles. The predicted octanol–water partition coefficient (Wildman–Crippen LogP) is 3.58. The van der Waals surface area contributed by atoms with Crippen LogP contribution in [0.4, 0.5) is 33.3 Å². The van der Waals surface area contributed by atoms with E-state index in [-0.39, 0.29) is 11.3 Å². The number of aromatic hydroxyl groups is 2. The van der Waals surface area contributed by atoms with Crippen LogP contribution in [0.2, 0.25) is 0 Å². The standard InChI is InChI=1S/C14H11F5N2O2/c15-13(16,14(17,18)19)8-5-10(21)12(23)4-7(8)6-1-2-9(20)11(22)3-6/h1-5,22-23H,20-21H2. The lowest BCUT2D eigenvalue weighted by Crippen LogP contribution is -2.34. The van der Waals surface area contributed by atoms with Crippen molar-refractivity contribution < 1.29 is 32.2 Å². The van der Waals surface area contributed by atoms with Gasteiger partial charge in [-0.05, 0) is 35.4 Å². The van der Waals surface area contributed by atoms with E-state index in [1.165, 1.54) is 0 Å². The van der Waals surface area contributed by atoms with Crippen LogP contribution in [-0.4, -0.2) is 16.4 Å². The Morgan fingerprint density at radius 3 is 1.87 bits per heavy atom. The van der Waals surface area contributed by atoms with Crippen molar-refractivity contribution in [1.82, 2.24) is 0 Å². The SMILES string of the molecule is Nc1ccc(-c2cc(O)c(N)cc2C(F)(F)C(F)(F)F)cc1O. The highest BCUT2D eigenvalue weighted by Gasteiger charge is 2.59. The molecule has 0 heterocycles. The highest BCUT2D eigenvalue weighted by Crippen LogP contribution is 2.49. The van der Waals surface area contributed by atoms with E-state index < -0.39 is 40.4 Å². The van der Waals surface area contributed by atoms with Gasteiger partial charge in [0.25, 0.3) is 0 Å². The quantitative estimate of drug-likeness (QED) is 0.384. The van der Waals surface area contributed by atoms with Crippen LogP contribution in [0.1, 0.15) is 5.56 Å². The van der Waals surface area contributed by atoms with Gasteiger partial charge in [-0.2, -0.15) is 22.0 Å². The number of nitrogen functional groups attached to an aromatic ring is 2. The summed E-state index contributed by atoms with van der Waals surface area (Å²) in [6.07, 6.45) is -5.86. The average molecular weight is 334 g/mol. The van der Waals surface area contributed by atoms with Crippen LogP contribution in [0.15, 0.2) is 30.3 Å². The third-order valence-corrected chi connectivity index (χ3v) is 3.20. The minimum absolute atomic E-state index is 0.0856. The first-order chi connectivity index (χ1) is 10.4. The van der Waals surface area contributed by atoms with Gasteiger partial charge in [0, 0.05) is 5.56 Å². The largest absolute Gasteiger partial charge is 0.506 e. The van der Waals surface area contributed by atoms with Gasteiger partial charge in [-0.15, -0.1) is 0 Å². The molecule has 4 nitrogen and oxygen atoms in total. The van der Waals surface area contributed by atoms with Crippen molar-refractivity contribution in [1.29, 1.82) is 0 Å². The normalized spacial score (nSPS) is 12.4. The lowest BCUT2D eigenvalue weighted by Gasteiger charge is -2.23. The van der Waals surface area contributed by atoms with Crippen molar-refractivity contribution in [3.05, 3.63) is 35.9 Å². The number of hydrogen-bond acceptors (Lipinski definition) is 4. The van der Waals surface area contributed by atoms with Gasteiger partial charge in [0.15, 0.2) is 0 Å². The lowest BCUT2D eigenvalue weighted by atomic mass is 9.93. The van der Waals surface area contributed by atoms with E-state index in [2.05, 4.69) is 0 Å². The molecule has 0 amide bonds. The molecule has 0 aliphatic heterocycles. The van der Waals surface area contributed by atoms with E-state index in [0.29, 0.717) is 12.1 Å². The zero-order chi connectivity index (χ0) is 17.6. The van der Waals surface area contributed by atoms with E-state index in [4.69, 9.17) is 11.5 Å². The van der Waals surface area contributed by atoms with Gasteiger partial charge >= 0.3 is 12.1 Å². The van der Waals surface area contributed by atoms with Gasteiger partial charge in [0.1, 0.15) is 11.5 Å². The summed E-state index contributed by atoms with van der Waals surface area (Å²) in [4.78, 5) is 0. The zero-order valence-electron chi connectivity index (χ0n) is 11.3. The number of phenols is 2. The van der Waals surface area contributed by atoms with Crippen molar-refractivity contribution in [2.45, 2.75) is 12.1 Å². The average Bonchev–Trinajstić information content (AvgIpc) is 2.43. The molecule has 0 unspecified atom stereocenters. The molecular formula is C14H11F5N2O2. The second kappa shape index (κ2) is 5.18. The first-order valence-electron chi connectivity index (χ1n) is 6.11. The van der Waals surface area contributed by atoms with Crippen molar-refractivity contribution in [2.75, 3.05) is 11.5 Å². The number of benzene rings is 2. The molecule has 0 bridgehead atoms. The van der Waals surface area contributed by atoms with Crippen LogP contribution in [0.25, 0.3) is 11.1 Å². The minimum Gasteiger partial charge on any atom is -0.506 e. The summed E-state index contributed by atoms with van der Waals surface area (Å²) in [7, 11) is 0. The van der Waals surface area contributed by atoms with Crippen LogP contribution in [0.5, 0.6) is 11.5 Å². The second-order valence-electron chi connectivity index (χ2n) is 4.80. The molecule has 0 aromatic heterocycles. The van der Waals surface area contributed by atoms with Crippen molar-refractivity contribution in [3.63, 3.8) is 0 Å². The molecule has 124 valence electrons. The molecule has 0 aliphatic carbocycles. The fourth-order valence-electron chi connectivity index (χ4n) is 1.97. The van der Waals surface area contributed by atoms with Gasteiger partial charge in [-0.3, -0.25) is 0 Å². The lowest BCUT2D eigenvalue weighted by molar-refractivity contribution is -0.289. The molecule has 0 aliphatic rings. The van der Waals surface area contributed by atoms with Crippen LogP contribution < -0.4 is 11.5 Å². The molecule has 0 atom stereocenters. The van der Waals surface area contributed by atoms with Gasteiger partial charge in [-0.25, -0.2) is 0 Å². The smallest absolute Gasteiger partial charge is 0.458 e. The Kier molecular flexibility index (Phi) is 3.75. The third-order valence-electron chi connectivity index (χ3n) is 3.20. The Balaban J connectivity index is 2.77. The number of nitrogens with two attached hydrogens (primary N) is 2. The first kappa shape index (κ1) is 16.7. The number of rotatable bonds is 2. The number of halogens is 5. The van der Waals surface area contributed by atoms with E-state index in [1.54, 1.807) is 0 Å². The van der Waals surface area contributed by atoms with Crippen LogP contribution in [0, 0.1) is 0 Å². The molecule has 0 fully saturated rings. The van der Waals surface area contributed by atoms with Crippen molar-refractivity contribution >= 4 is 11.4 Å². The molecule has 6 N–H and O–H groups in total. The summed E-state index contributed by atoms with van der Waals surface area (Å²) in [5.41, 5.74) is 7.63. The van der Waals surface area contributed by atoms with Gasteiger partial charge in [0.2, 0.25) is 0 Å². The van der Waals surface area contributed by atoms with Crippen LogP contribution in [-0.2, 0) is 5.92 Å². The zero-order valence-corrected chi connectivity index (χ0v) is 11.3. The van der Waals surface area contributed by atoms with Gasteiger partial charge in [-0.1, -0.05) is 6.07 Å². The maximum atomic E-state index is 13.8. The molecule has 23 heavy (non-hydrogen) atoms. The van der Waals surface area contributed by atoms with E-state index in [1.807, 2.05) is 0 Å². The maximum absolute atomic E-state index is 13.8. The van der Waals surface area contributed by atoms with E-state index >= 15 is 0 Å². The Morgan fingerprint density at radius 2 is 1.35 bits per heavy atom. The Morgan fingerprint density at radius 1 is 0.783 bits per heavy atom. The minimum atomic E-state index is -5.86. The summed E-state index contributed by atoms with van der Waals surface area (Å²) in [5.74, 6) is -6.38. The predicted molar refractivity (Wildman–Crippen MR) is 74.0 cm³/mol. The van der Waals surface area contributed by atoms with Crippen LogP contribution in [0.3, 0.4) is 0 Å². The highest BCUT2D eigenvalue weighted by atomic mass is 19.4. The summed E-state index contributed by atoms with van der Waals surface area (Å²) >= 11 is 0. The van der Waals surface area contributed by atoms with Gasteiger partial charge in [0.05, 0.1) is 11.4 Å². The molecule has 2 rings (SSSR count). The van der Waals surface area contributed by atoms with Crippen molar-refractivity contribution in [2.24, 2.45) is 0 Å². The van der Waals surface area contributed by atoms with Gasteiger partial charge < -0.3 is 21.7 Å². The number of hydrogen-bond donors (Lipinski definition) is 4. The van der Waals surface area contributed by atoms with E-state index in [9.17, 15) is 32.2 Å². The highest BCUT2D eigenvalue weighted by molar-refractivity contribution is 5.77. The molecular weight excluding hydrogens is 323 g/mol.